The van der Waals surface area contributed by atoms with E-state index in [2.05, 4.69) is 0 Å². The van der Waals surface area contributed by atoms with E-state index < -0.39 is 12.1 Å². The van der Waals surface area contributed by atoms with E-state index >= 15 is 0 Å². The van der Waals surface area contributed by atoms with E-state index in [4.69, 9.17) is 14.6 Å². The SMILES string of the molecule is COc1ccc(N2CC(CC(=O)O)COC2=O)cc1. The van der Waals surface area contributed by atoms with Crippen LogP contribution in [0.15, 0.2) is 24.3 Å². The highest BCUT2D eigenvalue weighted by Gasteiger charge is 2.29. The molecule has 1 aromatic carbocycles. The predicted octanol–water partition coefficient (Wildman–Crippen LogP) is 1.74. The molecule has 1 unspecified atom stereocenters. The molecule has 1 saturated heterocycles. The zero-order valence-corrected chi connectivity index (χ0v) is 10.5. The Labute approximate surface area is 110 Å². The molecule has 2 rings (SSSR count). The van der Waals surface area contributed by atoms with Crippen molar-refractivity contribution in [3.05, 3.63) is 24.3 Å². The number of benzene rings is 1. The smallest absolute Gasteiger partial charge is 0.414 e. The van der Waals surface area contributed by atoms with Crippen LogP contribution in [-0.2, 0) is 9.53 Å². The number of hydrogen-bond acceptors (Lipinski definition) is 4. The summed E-state index contributed by atoms with van der Waals surface area (Å²) in [5.74, 6) is -0.397. The number of carbonyl (C=O) groups excluding carboxylic acids is 1. The molecule has 0 radical (unpaired) electrons. The Balaban J connectivity index is 2.11. The minimum Gasteiger partial charge on any atom is -0.497 e. The number of carboxylic acid groups (broad SMARTS) is 1. The van der Waals surface area contributed by atoms with E-state index in [9.17, 15) is 9.59 Å². The summed E-state index contributed by atoms with van der Waals surface area (Å²) >= 11 is 0. The third kappa shape index (κ3) is 3.15. The average Bonchev–Trinajstić information content (AvgIpc) is 2.40. The second kappa shape index (κ2) is 5.60. The van der Waals surface area contributed by atoms with Gasteiger partial charge < -0.3 is 14.6 Å². The monoisotopic (exact) mass is 265 g/mol. The lowest BCUT2D eigenvalue weighted by atomic mass is 10.0. The number of hydrogen-bond donors (Lipinski definition) is 1. The Kier molecular flexibility index (Phi) is 3.89. The van der Waals surface area contributed by atoms with Gasteiger partial charge in [0.15, 0.2) is 0 Å². The van der Waals surface area contributed by atoms with Crippen molar-refractivity contribution in [3.63, 3.8) is 0 Å². The van der Waals surface area contributed by atoms with Gasteiger partial charge in [0.25, 0.3) is 0 Å². The third-order valence-corrected chi connectivity index (χ3v) is 2.95. The first kappa shape index (κ1) is 13.2. The Bertz CT molecular complexity index is 470. The van der Waals surface area contributed by atoms with Crippen LogP contribution < -0.4 is 9.64 Å². The van der Waals surface area contributed by atoms with Gasteiger partial charge in [0.1, 0.15) is 5.75 Å². The van der Waals surface area contributed by atoms with Crippen LogP contribution in [0.1, 0.15) is 6.42 Å². The van der Waals surface area contributed by atoms with Crippen molar-refractivity contribution in [3.8, 4) is 5.75 Å². The first-order chi connectivity index (χ1) is 9.10. The second-order valence-electron chi connectivity index (χ2n) is 4.35. The summed E-state index contributed by atoms with van der Waals surface area (Å²) in [4.78, 5) is 23.8. The molecule has 1 amide bonds. The highest BCUT2D eigenvalue weighted by atomic mass is 16.6. The predicted molar refractivity (Wildman–Crippen MR) is 67.4 cm³/mol. The summed E-state index contributed by atoms with van der Waals surface area (Å²) in [5.41, 5.74) is 0.667. The molecule has 1 N–H and O–H groups in total. The van der Waals surface area contributed by atoms with Crippen LogP contribution >= 0.6 is 0 Å². The van der Waals surface area contributed by atoms with E-state index in [0.29, 0.717) is 18.0 Å². The van der Waals surface area contributed by atoms with E-state index in [1.165, 1.54) is 4.90 Å². The minimum absolute atomic E-state index is 0.0140. The maximum atomic E-state index is 11.7. The number of amides is 1. The number of nitrogens with zero attached hydrogens (tertiary/aromatic N) is 1. The van der Waals surface area contributed by atoms with Crippen LogP contribution in [0.25, 0.3) is 0 Å². The maximum Gasteiger partial charge on any atom is 0.414 e. The summed E-state index contributed by atoms with van der Waals surface area (Å²) in [6.07, 6.45) is -0.466. The van der Waals surface area contributed by atoms with Gasteiger partial charge in [-0.25, -0.2) is 4.79 Å². The molecule has 1 aliphatic rings. The fourth-order valence-electron chi connectivity index (χ4n) is 2.00. The molecule has 19 heavy (non-hydrogen) atoms. The largest absolute Gasteiger partial charge is 0.497 e. The summed E-state index contributed by atoms with van der Waals surface area (Å²) in [5, 5.41) is 8.78. The van der Waals surface area contributed by atoms with Crippen LogP contribution in [0.3, 0.4) is 0 Å². The summed E-state index contributed by atoms with van der Waals surface area (Å²) in [6, 6.07) is 6.96. The number of carbonyl (C=O) groups is 2. The molecule has 1 heterocycles. The number of anilines is 1. The zero-order chi connectivity index (χ0) is 13.8. The first-order valence-electron chi connectivity index (χ1n) is 5.90. The molecule has 1 fully saturated rings. The third-order valence-electron chi connectivity index (χ3n) is 2.95. The van der Waals surface area contributed by atoms with Crippen LogP contribution in [0.2, 0.25) is 0 Å². The summed E-state index contributed by atoms with van der Waals surface area (Å²) in [6.45, 7) is 0.495. The highest BCUT2D eigenvalue weighted by Crippen LogP contribution is 2.24. The molecular weight excluding hydrogens is 250 g/mol. The molecule has 102 valence electrons. The highest BCUT2D eigenvalue weighted by molar-refractivity contribution is 5.88. The molecular formula is C13H15NO5. The molecule has 1 aromatic rings. The van der Waals surface area contributed by atoms with Crippen LogP contribution in [-0.4, -0.2) is 37.4 Å². The van der Waals surface area contributed by atoms with Crippen LogP contribution in [0.4, 0.5) is 10.5 Å². The lowest BCUT2D eigenvalue weighted by Gasteiger charge is -2.31. The molecule has 1 atom stereocenters. The molecule has 0 aromatic heterocycles. The van der Waals surface area contributed by atoms with Gasteiger partial charge in [-0.15, -0.1) is 0 Å². The molecule has 6 heteroatoms. The van der Waals surface area contributed by atoms with Crippen molar-refractivity contribution in [2.75, 3.05) is 25.2 Å². The van der Waals surface area contributed by atoms with Gasteiger partial charge in [0.2, 0.25) is 0 Å². The Hall–Kier alpha value is -2.24. The number of aliphatic carboxylic acids is 1. The van der Waals surface area contributed by atoms with Crippen molar-refractivity contribution in [2.45, 2.75) is 6.42 Å². The first-order valence-corrected chi connectivity index (χ1v) is 5.90. The fourth-order valence-corrected chi connectivity index (χ4v) is 2.00. The summed E-state index contributed by atoms with van der Waals surface area (Å²) < 4.78 is 10.1. The van der Waals surface area contributed by atoms with E-state index in [1.54, 1.807) is 31.4 Å². The van der Waals surface area contributed by atoms with Crippen molar-refractivity contribution in [1.29, 1.82) is 0 Å². The molecule has 1 aliphatic heterocycles. The number of ether oxygens (including phenoxy) is 2. The van der Waals surface area contributed by atoms with E-state index in [1.807, 2.05) is 0 Å². The van der Waals surface area contributed by atoms with Gasteiger partial charge in [-0.3, -0.25) is 9.69 Å². The maximum absolute atomic E-state index is 11.7. The number of cyclic esters (lactones) is 1. The average molecular weight is 265 g/mol. The van der Waals surface area contributed by atoms with E-state index in [0.717, 1.165) is 0 Å². The van der Waals surface area contributed by atoms with Gasteiger partial charge in [0.05, 0.1) is 20.1 Å². The Morgan fingerprint density at radius 2 is 2.16 bits per heavy atom. The summed E-state index contributed by atoms with van der Waals surface area (Å²) in [7, 11) is 1.56. The number of methoxy groups -OCH3 is 1. The molecule has 0 saturated carbocycles. The van der Waals surface area contributed by atoms with Gasteiger partial charge in [-0.1, -0.05) is 0 Å². The van der Waals surface area contributed by atoms with Crippen molar-refractivity contribution < 1.29 is 24.2 Å². The Morgan fingerprint density at radius 3 is 2.74 bits per heavy atom. The fraction of sp³-hybridized carbons (Fsp3) is 0.385. The van der Waals surface area contributed by atoms with Crippen LogP contribution in [0.5, 0.6) is 5.75 Å². The molecule has 0 spiro atoms. The van der Waals surface area contributed by atoms with Crippen LogP contribution in [0, 0.1) is 5.92 Å². The van der Waals surface area contributed by atoms with E-state index in [-0.39, 0.29) is 18.9 Å². The van der Waals surface area contributed by atoms with Gasteiger partial charge in [-0.2, -0.15) is 0 Å². The van der Waals surface area contributed by atoms with Gasteiger partial charge in [-0.05, 0) is 24.3 Å². The second-order valence-corrected chi connectivity index (χ2v) is 4.35. The lowest BCUT2D eigenvalue weighted by molar-refractivity contribution is -0.138. The molecule has 6 nitrogen and oxygen atoms in total. The molecule has 0 aliphatic carbocycles. The Morgan fingerprint density at radius 1 is 1.47 bits per heavy atom. The molecule has 0 bridgehead atoms. The minimum atomic E-state index is -0.891. The lowest BCUT2D eigenvalue weighted by Crippen LogP contribution is -2.43. The van der Waals surface area contributed by atoms with Crippen molar-refractivity contribution >= 4 is 17.7 Å². The topological polar surface area (TPSA) is 76.1 Å². The standard InChI is InChI=1S/C13H15NO5/c1-18-11-4-2-10(3-5-11)14-7-9(6-12(15)16)8-19-13(14)17/h2-5,9H,6-8H2,1H3,(H,15,16). The number of carboxylic acids is 1. The van der Waals surface area contributed by atoms with Gasteiger partial charge in [0, 0.05) is 18.2 Å². The van der Waals surface area contributed by atoms with Crippen molar-refractivity contribution in [1.82, 2.24) is 0 Å². The van der Waals surface area contributed by atoms with Crippen molar-refractivity contribution in [2.24, 2.45) is 5.92 Å². The quantitative estimate of drug-likeness (QED) is 0.897. The zero-order valence-electron chi connectivity index (χ0n) is 10.5. The number of rotatable bonds is 4. The van der Waals surface area contributed by atoms with Gasteiger partial charge >= 0.3 is 12.1 Å². The normalized spacial score (nSPS) is 18.9.